The first-order valence-corrected chi connectivity index (χ1v) is 9.78. The Bertz CT molecular complexity index is 617. The molecule has 1 atom stereocenters. The third kappa shape index (κ3) is 5.35. The van der Waals surface area contributed by atoms with E-state index in [0.717, 1.165) is 44.8 Å². The highest BCUT2D eigenvalue weighted by Crippen LogP contribution is 2.18. The number of nitrogens with zero attached hydrogens (tertiary/aromatic N) is 3. The van der Waals surface area contributed by atoms with Crippen molar-refractivity contribution in [2.24, 2.45) is 0 Å². The fourth-order valence-corrected chi connectivity index (χ4v) is 3.72. The SMILES string of the molecule is CCOC(=O)N1CCN(C2CCCN(C(=O)COc3ccccc3)C2)CC1. The molecule has 0 radical (unpaired) electrons. The van der Waals surface area contributed by atoms with Crippen molar-refractivity contribution in [2.45, 2.75) is 25.8 Å². The first-order valence-electron chi connectivity index (χ1n) is 9.78. The second kappa shape index (κ2) is 9.60. The largest absolute Gasteiger partial charge is 0.484 e. The Morgan fingerprint density at radius 3 is 2.48 bits per heavy atom. The van der Waals surface area contributed by atoms with Crippen molar-refractivity contribution in [3.05, 3.63) is 30.3 Å². The Balaban J connectivity index is 1.45. The molecule has 3 rings (SSSR count). The van der Waals surface area contributed by atoms with Crippen LogP contribution in [0.2, 0.25) is 0 Å². The van der Waals surface area contributed by atoms with Crippen molar-refractivity contribution in [3.8, 4) is 5.75 Å². The second-order valence-electron chi connectivity index (χ2n) is 6.96. The zero-order chi connectivity index (χ0) is 19.1. The molecule has 0 spiro atoms. The van der Waals surface area contributed by atoms with Crippen molar-refractivity contribution in [1.29, 1.82) is 0 Å². The van der Waals surface area contributed by atoms with Crippen LogP contribution in [-0.2, 0) is 9.53 Å². The topological polar surface area (TPSA) is 62.3 Å². The Hall–Kier alpha value is -2.28. The van der Waals surface area contributed by atoms with Gasteiger partial charge in [-0.05, 0) is 31.9 Å². The van der Waals surface area contributed by atoms with E-state index in [9.17, 15) is 9.59 Å². The summed E-state index contributed by atoms with van der Waals surface area (Å²) in [5, 5.41) is 0. The van der Waals surface area contributed by atoms with Gasteiger partial charge in [0.15, 0.2) is 6.61 Å². The van der Waals surface area contributed by atoms with Crippen LogP contribution in [0.3, 0.4) is 0 Å². The third-order valence-corrected chi connectivity index (χ3v) is 5.21. The van der Waals surface area contributed by atoms with Crippen molar-refractivity contribution in [2.75, 3.05) is 52.5 Å². The average Bonchev–Trinajstić information content (AvgIpc) is 2.73. The van der Waals surface area contributed by atoms with E-state index in [-0.39, 0.29) is 18.6 Å². The van der Waals surface area contributed by atoms with Crippen LogP contribution in [0.4, 0.5) is 4.79 Å². The number of hydrogen-bond acceptors (Lipinski definition) is 5. The van der Waals surface area contributed by atoms with Crippen LogP contribution in [0.1, 0.15) is 19.8 Å². The lowest BCUT2D eigenvalue weighted by molar-refractivity contribution is -0.135. The zero-order valence-electron chi connectivity index (χ0n) is 16.0. The lowest BCUT2D eigenvalue weighted by Gasteiger charge is -2.43. The fourth-order valence-electron chi connectivity index (χ4n) is 3.72. The summed E-state index contributed by atoms with van der Waals surface area (Å²) < 4.78 is 10.7. The minimum atomic E-state index is -0.226. The lowest BCUT2D eigenvalue weighted by Crippen LogP contribution is -2.57. The van der Waals surface area contributed by atoms with Crippen LogP contribution in [0, 0.1) is 0 Å². The molecule has 0 saturated carbocycles. The fraction of sp³-hybridized carbons (Fsp3) is 0.600. The minimum absolute atomic E-state index is 0.0358. The van der Waals surface area contributed by atoms with E-state index in [4.69, 9.17) is 9.47 Å². The van der Waals surface area contributed by atoms with Gasteiger partial charge in [-0.15, -0.1) is 0 Å². The quantitative estimate of drug-likeness (QED) is 0.786. The number of para-hydroxylation sites is 1. The van der Waals surface area contributed by atoms with Gasteiger partial charge in [-0.2, -0.15) is 0 Å². The zero-order valence-corrected chi connectivity index (χ0v) is 16.0. The molecule has 2 aliphatic heterocycles. The normalized spacial score (nSPS) is 21.0. The molecule has 0 N–H and O–H groups in total. The van der Waals surface area contributed by atoms with E-state index in [1.165, 1.54) is 0 Å². The van der Waals surface area contributed by atoms with Gasteiger partial charge in [-0.25, -0.2) is 4.79 Å². The minimum Gasteiger partial charge on any atom is -0.484 e. The molecule has 1 aromatic carbocycles. The van der Waals surface area contributed by atoms with Crippen LogP contribution in [0.5, 0.6) is 5.75 Å². The molecule has 0 aromatic heterocycles. The molecule has 2 fully saturated rings. The number of piperidine rings is 1. The van der Waals surface area contributed by atoms with Crippen molar-refractivity contribution >= 4 is 12.0 Å². The van der Waals surface area contributed by atoms with Gasteiger partial charge in [0.1, 0.15) is 5.75 Å². The number of carbonyl (C=O) groups excluding carboxylic acids is 2. The average molecular weight is 375 g/mol. The molecule has 2 heterocycles. The van der Waals surface area contributed by atoms with Gasteiger partial charge in [-0.1, -0.05) is 18.2 Å². The highest BCUT2D eigenvalue weighted by atomic mass is 16.6. The van der Waals surface area contributed by atoms with Crippen molar-refractivity contribution < 1.29 is 19.1 Å². The number of piperazine rings is 1. The standard InChI is InChI=1S/C20H29N3O4/c1-2-26-20(25)22-13-11-21(12-14-22)17-7-6-10-23(15-17)19(24)16-27-18-8-4-3-5-9-18/h3-5,8-9,17H,2,6-7,10-16H2,1H3. The molecule has 2 saturated heterocycles. The molecule has 0 aliphatic carbocycles. The van der Waals surface area contributed by atoms with Crippen LogP contribution in [0.15, 0.2) is 30.3 Å². The Labute approximate surface area is 160 Å². The summed E-state index contributed by atoms with van der Waals surface area (Å²) in [5.74, 6) is 0.753. The second-order valence-corrected chi connectivity index (χ2v) is 6.96. The summed E-state index contributed by atoms with van der Waals surface area (Å²) in [4.78, 5) is 30.4. The summed E-state index contributed by atoms with van der Waals surface area (Å²) >= 11 is 0. The van der Waals surface area contributed by atoms with E-state index in [0.29, 0.717) is 25.7 Å². The van der Waals surface area contributed by atoms with Crippen LogP contribution < -0.4 is 4.74 Å². The smallest absolute Gasteiger partial charge is 0.409 e. The highest BCUT2D eigenvalue weighted by Gasteiger charge is 2.31. The lowest BCUT2D eigenvalue weighted by atomic mass is 10.0. The summed E-state index contributed by atoms with van der Waals surface area (Å²) in [6.45, 7) is 6.84. The van der Waals surface area contributed by atoms with Gasteiger partial charge in [0, 0.05) is 45.3 Å². The summed E-state index contributed by atoms with van der Waals surface area (Å²) in [6.07, 6.45) is 1.86. The van der Waals surface area contributed by atoms with Gasteiger partial charge in [0.2, 0.25) is 0 Å². The maximum Gasteiger partial charge on any atom is 0.409 e. The monoisotopic (exact) mass is 375 g/mol. The van der Waals surface area contributed by atoms with Gasteiger partial charge >= 0.3 is 6.09 Å². The van der Waals surface area contributed by atoms with E-state index in [1.54, 1.807) is 4.90 Å². The molecule has 1 aromatic rings. The van der Waals surface area contributed by atoms with Crippen LogP contribution in [0.25, 0.3) is 0 Å². The van der Waals surface area contributed by atoms with Crippen molar-refractivity contribution in [1.82, 2.24) is 14.7 Å². The number of likely N-dealkylation sites (tertiary alicyclic amines) is 1. The Morgan fingerprint density at radius 1 is 1.04 bits per heavy atom. The number of ether oxygens (including phenoxy) is 2. The molecule has 148 valence electrons. The third-order valence-electron chi connectivity index (χ3n) is 5.21. The van der Waals surface area contributed by atoms with Crippen molar-refractivity contribution in [3.63, 3.8) is 0 Å². The molecular weight excluding hydrogens is 346 g/mol. The summed E-state index contributed by atoms with van der Waals surface area (Å²) in [5.41, 5.74) is 0. The number of rotatable bonds is 5. The predicted octanol–water partition coefficient (Wildman–Crippen LogP) is 1.83. The van der Waals surface area contributed by atoms with E-state index in [1.807, 2.05) is 42.2 Å². The highest BCUT2D eigenvalue weighted by molar-refractivity contribution is 5.78. The molecule has 1 unspecified atom stereocenters. The molecule has 0 bridgehead atoms. The predicted molar refractivity (Wildman–Crippen MR) is 102 cm³/mol. The van der Waals surface area contributed by atoms with Gasteiger partial charge < -0.3 is 19.3 Å². The molecule has 2 amide bonds. The molecule has 7 nitrogen and oxygen atoms in total. The number of benzene rings is 1. The number of hydrogen-bond donors (Lipinski definition) is 0. The molecule has 27 heavy (non-hydrogen) atoms. The van der Waals surface area contributed by atoms with Gasteiger partial charge in [-0.3, -0.25) is 9.69 Å². The van der Waals surface area contributed by atoms with Gasteiger partial charge in [0.05, 0.1) is 6.61 Å². The number of amides is 2. The Morgan fingerprint density at radius 2 is 1.78 bits per heavy atom. The van der Waals surface area contributed by atoms with E-state index >= 15 is 0 Å². The molecule has 2 aliphatic rings. The van der Waals surface area contributed by atoms with E-state index < -0.39 is 0 Å². The maximum absolute atomic E-state index is 12.5. The molecule has 7 heteroatoms. The van der Waals surface area contributed by atoms with Gasteiger partial charge in [0.25, 0.3) is 5.91 Å². The maximum atomic E-state index is 12.5. The molecular formula is C20H29N3O4. The summed E-state index contributed by atoms with van der Waals surface area (Å²) in [7, 11) is 0. The number of carbonyl (C=O) groups is 2. The van der Waals surface area contributed by atoms with Crippen LogP contribution in [-0.4, -0.2) is 85.2 Å². The Kier molecular flexibility index (Phi) is 6.92. The van der Waals surface area contributed by atoms with E-state index in [2.05, 4.69) is 4.90 Å². The summed E-state index contributed by atoms with van der Waals surface area (Å²) in [6, 6.07) is 9.78. The first-order chi connectivity index (χ1) is 13.2. The first kappa shape index (κ1) is 19.5. The van der Waals surface area contributed by atoms with Crippen LogP contribution >= 0.6 is 0 Å².